The summed E-state index contributed by atoms with van der Waals surface area (Å²) in [5.41, 5.74) is 0. The number of hydrogen-bond acceptors (Lipinski definition) is 4. The highest BCUT2D eigenvalue weighted by Crippen LogP contribution is 2.12. The maximum absolute atomic E-state index is 11.0. The molecular weight excluding hydrogens is 310 g/mol. The summed E-state index contributed by atoms with van der Waals surface area (Å²) >= 11 is 0. The zero-order valence-corrected chi connectivity index (χ0v) is 14.6. The Morgan fingerprint density at radius 2 is 1.71 bits per heavy atom. The lowest BCUT2D eigenvalue weighted by atomic mass is 10.0. The fourth-order valence-corrected chi connectivity index (χ4v) is 2.48. The summed E-state index contributed by atoms with van der Waals surface area (Å²) in [6.45, 7) is 2.07. The maximum Gasteiger partial charge on any atom is 0.317 e. The zero-order chi connectivity index (χ0) is 18.2. The van der Waals surface area contributed by atoms with Gasteiger partial charge in [0.15, 0.2) is 0 Å². The van der Waals surface area contributed by atoms with E-state index < -0.39 is 17.9 Å². The van der Waals surface area contributed by atoms with Crippen LogP contribution in [0.15, 0.2) is 12.2 Å². The summed E-state index contributed by atoms with van der Waals surface area (Å²) in [4.78, 5) is 32.2. The van der Waals surface area contributed by atoms with Crippen molar-refractivity contribution in [2.45, 2.75) is 70.8 Å². The van der Waals surface area contributed by atoms with Gasteiger partial charge in [-0.15, -0.1) is 0 Å². The molecule has 0 bridgehead atoms. The van der Waals surface area contributed by atoms with Gasteiger partial charge in [-0.1, -0.05) is 57.6 Å². The Bertz CT molecular complexity index is 395. The highest BCUT2D eigenvalue weighted by Gasteiger charge is 2.13. The number of unbranched alkanes of at least 4 members (excludes halogenated alkanes) is 5. The minimum absolute atomic E-state index is 0.00852. The van der Waals surface area contributed by atoms with Crippen molar-refractivity contribution in [2.24, 2.45) is 5.92 Å². The number of carbonyl (C=O) groups is 3. The Kier molecular flexibility index (Phi) is 13.8. The minimum atomic E-state index is -1.02. The molecule has 0 radical (unpaired) electrons. The quantitative estimate of drug-likeness (QED) is 0.226. The van der Waals surface area contributed by atoms with Gasteiger partial charge in [-0.25, -0.2) is 0 Å². The third-order valence-corrected chi connectivity index (χ3v) is 3.90. The number of hydrogen-bond donors (Lipinski definition) is 3. The molecule has 2 atom stereocenters. The van der Waals surface area contributed by atoms with Gasteiger partial charge in [0, 0.05) is 12.5 Å². The number of nitrogens with one attached hydrogen (secondary N) is 1. The number of carbonyl (C=O) groups excluding carboxylic acids is 1. The van der Waals surface area contributed by atoms with Gasteiger partial charge in [-0.3, -0.25) is 9.59 Å². The summed E-state index contributed by atoms with van der Waals surface area (Å²) in [6, 6.07) is 0.00852. The topological polar surface area (TPSA) is 104 Å². The lowest BCUT2D eigenvalue weighted by Crippen LogP contribution is -2.33. The van der Waals surface area contributed by atoms with Crippen molar-refractivity contribution in [2.75, 3.05) is 6.54 Å². The smallest absolute Gasteiger partial charge is 0.317 e. The van der Waals surface area contributed by atoms with E-state index in [0.29, 0.717) is 12.7 Å². The van der Waals surface area contributed by atoms with Gasteiger partial charge in [0.1, 0.15) is 6.29 Å². The third kappa shape index (κ3) is 12.8. The zero-order valence-electron chi connectivity index (χ0n) is 14.6. The van der Waals surface area contributed by atoms with Crippen LogP contribution in [-0.2, 0) is 14.4 Å². The van der Waals surface area contributed by atoms with E-state index >= 15 is 0 Å². The molecule has 0 aromatic heterocycles. The average Bonchev–Trinajstić information content (AvgIpc) is 2.53. The largest absolute Gasteiger partial charge is 0.481 e. The van der Waals surface area contributed by atoms with Gasteiger partial charge in [0.2, 0.25) is 0 Å². The molecule has 0 aliphatic heterocycles. The Labute approximate surface area is 144 Å². The SMILES string of the molecule is CCCCCCCCC(CC=CC(CC=O)C(=O)O)NCC(=O)O. The van der Waals surface area contributed by atoms with Crippen molar-refractivity contribution >= 4 is 18.2 Å². The number of rotatable bonds is 16. The molecule has 138 valence electrons. The molecular formula is C18H31NO5. The number of aldehydes is 1. The van der Waals surface area contributed by atoms with Crippen LogP contribution in [-0.4, -0.2) is 41.0 Å². The van der Waals surface area contributed by atoms with Gasteiger partial charge in [-0.2, -0.15) is 0 Å². The maximum atomic E-state index is 11.0. The molecule has 6 nitrogen and oxygen atoms in total. The molecule has 0 fully saturated rings. The highest BCUT2D eigenvalue weighted by atomic mass is 16.4. The van der Waals surface area contributed by atoms with Crippen molar-refractivity contribution in [1.82, 2.24) is 5.32 Å². The van der Waals surface area contributed by atoms with E-state index in [1.165, 1.54) is 31.8 Å². The lowest BCUT2D eigenvalue weighted by Gasteiger charge is -2.16. The number of carboxylic acid groups (broad SMARTS) is 2. The van der Waals surface area contributed by atoms with Crippen LogP contribution < -0.4 is 5.32 Å². The van der Waals surface area contributed by atoms with Crippen molar-refractivity contribution < 1.29 is 24.6 Å². The average molecular weight is 341 g/mol. The molecule has 6 heteroatoms. The summed E-state index contributed by atoms with van der Waals surface area (Å²) < 4.78 is 0. The Morgan fingerprint density at radius 3 is 2.29 bits per heavy atom. The molecule has 2 unspecified atom stereocenters. The van der Waals surface area contributed by atoms with Crippen molar-refractivity contribution in [3.63, 3.8) is 0 Å². The number of carboxylic acids is 2. The van der Waals surface area contributed by atoms with Gasteiger partial charge in [0.05, 0.1) is 12.5 Å². The fraction of sp³-hybridized carbons (Fsp3) is 0.722. The van der Waals surface area contributed by atoms with Crippen LogP contribution in [0, 0.1) is 5.92 Å². The van der Waals surface area contributed by atoms with Crippen molar-refractivity contribution in [3.05, 3.63) is 12.2 Å². The highest BCUT2D eigenvalue weighted by molar-refractivity contribution is 5.75. The predicted molar refractivity (Wildman–Crippen MR) is 93.0 cm³/mol. The number of aliphatic carboxylic acids is 2. The second kappa shape index (κ2) is 14.9. The van der Waals surface area contributed by atoms with Crippen LogP contribution in [0.2, 0.25) is 0 Å². The van der Waals surface area contributed by atoms with E-state index in [4.69, 9.17) is 10.2 Å². The Hall–Kier alpha value is -1.69. The van der Waals surface area contributed by atoms with Crippen LogP contribution in [0.3, 0.4) is 0 Å². The molecule has 0 saturated carbocycles. The molecule has 0 spiro atoms. The van der Waals surface area contributed by atoms with Crippen LogP contribution in [0.4, 0.5) is 0 Å². The second-order valence-electron chi connectivity index (χ2n) is 6.04. The molecule has 0 saturated heterocycles. The predicted octanol–water partition coefficient (Wildman–Crippen LogP) is 3.02. The lowest BCUT2D eigenvalue weighted by molar-refractivity contribution is -0.141. The summed E-state index contributed by atoms with van der Waals surface area (Å²) in [6.07, 6.45) is 12.2. The van der Waals surface area contributed by atoms with Crippen molar-refractivity contribution in [1.29, 1.82) is 0 Å². The first-order chi connectivity index (χ1) is 11.5. The fourth-order valence-electron chi connectivity index (χ4n) is 2.48. The molecule has 0 aromatic rings. The van der Waals surface area contributed by atoms with E-state index in [-0.39, 0.29) is 19.0 Å². The Morgan fingerprint density at radius 1 is 1.04 bits per heavy atom. The molecule has 0 aliphatic rings. The monoisotopic (exact) mass is 341 g/mol. The first-order valence-electron chi connectivity index (χ1n) is 8.79. The first-order valence-corrected chi connectivity index (χ1v) is 8.79. The van der Waals surface area contributed by atoms with E-state index in [0.717, 1.165) is 19.3 Å². The van der Waals surface area contributed by atoms with Crippen molar-refractivity contribution in [3.8, 4) is 0 Å². The third-order valence-electron chi connectivity index (χ3n) is 3.90. The molecule has 3 N–H and O–H groups in total. The van der Waals surface area contributed by atoms with Gasteiger partial charge in [-0.05, 0) is 12.8 Å². The summed E-state index contributed by atoms with van der Waals surface area (Å²) in [5, 5.41) is 20.8. The molecule has 0 aromatic carbocycles. The van der Waals surface area contributed by atoms with Crippen LogP contribution in [0.5, 0.6) is 0 Å². The molecule has 24 heavy (non-hydrogen) atoms. The molecule has 0 heterocycles. The van der Waals surface area contributed by atoms with Crippen LogP contribution in [0.1, 0.15) is 64.7 Å². The van der Waals surface area contributed by atoms with E-state index in [9.17, 15) is 14.4 Å². The first kappa shape index (κ1) is 22.3. The van der Waals surface area contributed by atoms with Gasteiger partial charge >= 0.3 is 11.9 Å². The molecule has 0 rings (SSSR count). The minimum Gasteiger partial charge on any atom is -0.481 e. The second-order valence-corrected chi connectivity index (χ2v) is 6.04. The summed E-state index contributed by atoms with van der Waals surface area (Å²) in [5.74, 6) is -2.74. The van der Waals surface area contributed by atoms with Crippen LogP contribution >= 0.6 is 0 Å². The Balaban J connectivity index is 4.30. The van der Waals surface area contributed by atoms with E-state index in [2.05, 4.69) is 12.2 Å². The van der Waals surface area contributed by atoms with E-state index in [1.54, 1.807) is 6.08 Å². The van der Waals surface area contributed by atoms with Gasteiger partial charge < -0.3 is 20.3 Å². The van der Waals surface area contributed by atoms with Gasteiger partial charge in [0.25, 0.3) is 0 Å². The summed E-state index contributed by atoms with van der Waals surface area (Å²) in [7, 11) is 0. The molecule has 0 aliphatic carbocycles. The molecule has 0 amide bonds. The van der Waals surface area contributed by atoms with Crippen LogP contribution in [0.25, 0.3) is 0 Å². The normalized spacial score (nSPS) is 13.7. The van der Waals surface area contributed by atoms with E-state index in [1.807, 2.05) is 0 Å². The standard InChI is InChI=1S/C18H31NO5/c1-2-3-4-5-6-7-10-16(19-14-17(21)22)11-8-9-15(12-13-20)18(23)24/h8-9,13,15-16,19H,2-7,10-12,14H2,1H3,(H,21,22)(H,23,24).